The largest absolute Gasteiger partial charge is 0.389 e. The molecule has 1 aromatic carbocycles. The molecule has 0 aliphatic heterocycles. The fraction of sp³-hybridized carbons (Fsp3) is 0.462. The minimum absolute atomic E-state index is 0.0732. The van der Waals surface area contributed by atoms with Gasteiger partial charge >= 0.3 is 6.03 Å². The molecule has 1 rings (SSSR count). The average Bonchev–Trinajstić information content (AvgIpc) is 2.40. The Bertz CT molecular complexity index is 463. The maximum absolute atomic E-state index is 12.4. The molecule has 0 radical (unpaired) electrons. The van der Waals surface area contributed by atoms with Crippen LogP contribution in [-0.2, 0) is 4.74 Å². The highest BCUT2D eigenvalue weighted by Gasteiger charge is 2.16. The van der Waals surface area contributed by atoms with E-state index in [9.17, 15) is 18.7 Å². The topological polar surface area (TPSA) is 61.8 Å². The monoisotopic (exact) mass is 320 g/mol. The molecule has 0 saturated carbocycles. The normalized spacial score (nSPS) is 12.3. The van der Waals surface area contributed by atoms with E-state index in [1.54, 1.807) is 18.2 Å². The number of carbonyl (C=O) groups is 1. The molecule has 0 aliphatic carbocycles. The molecule has 0 spiro atoms. The van der Waals surface area contributed by atoms with Crippen molar-refractivity contribution >= 4 is 23.5 Å². The predicted octanol–water partition coefficient (Wildman–Crippen LogP) is 2.47. The number of hydrogen-bond donors (Lipinski definition) is 2. The van der Waals surface area contributed by atoms with Gasteiger partial charge in [0.15, 0.2) is 0 Å². The number of benzene rings is 1. The maximum atomic E-state index is 12.4. The van der Waals surface area contributed by atoms with Crippen LogP contribution in [0.3, 0.4) is 0 Å². The lowest BCUT2D eigenvalue weighted by molar-refractivity contribution is 0.0501. The number of aliphatic hydroxyl groups is 1. The second-order valence-corrected chi connectivity index (χ2v) is 5.33. The molecule has 118 valence electrons. The van der Waals surface area contributed by atoms with Crippen molar-refractivity contribution in [1.82, 2.24) is 4.90 Å². The molecular weight excluding hydrogens is 302 g/mol. The minimum atomic E-state index is -2.57. The number of nitrogens with one attached hydrogen (secondary N) is 1. The summed E-state index contributed by atoms with van der Waals surface area (Å²) in [5.74, 6) is -2.57. The molecule has 2 amide bonds. The molecule has 5 nitrogen and oxygen atoms in total. The van der Waals surface area contributed by atoms with E-state index in [1.807, 2.05) is 0 Å². The van der Waals surface area contributed by atoms with Crippen LogP contribution in [0.1, 0.15) is 0 Å². The first-order chi connectivity index (χ1) is 9.93. The van der Waals surface area contributed by atoms with Crippen LogP contribution in [0.15, 0.2) is 29.2 Å². The second kappa shape index (κ2) is 8.81. The fourth-order valence-corrected chi connectivity index (χ4v) is 2.22. The SMILES string of the molecule is COCC(O)CN(C)C(=O)Nc1ccccc1SC(F)F. The van der Waals surface area contributed by atoms with Gasteiger partial charge in [0.1, 0.15) is 0 Å². The van der Waals surface area contributed by atoms with E-state index in [0.717, 1.165) is 0 Å². The Kier molecular flexibility index (Phi) is 7.41. The number of hydrogen-bond acceptors (Lipinski definition) is 4. The summed E-state index contributed by atoms with van der Waals surface area (Å²) < 4.78 is 29.7. The number of urea groups is 1. The third-order valence-electron chi connectivity index (χ3n) is 2.54. The summed E-state index contributed by atoms with van der Waals surface area (Å²) in [5.41, 5.74) is 0.306. The van der Waals surface area contributed by atoms with Crippen molar-refractivity contribution in [2.24, 2.45) is 0 Å². The number of ether oxygens (including phenoxy) is 1. The summed E-state index contributed by atoms with van der Waals surface area (Å²) in [6.45, 7) is 0.180. The zero-order valence-corrected chi connectivity index (χ0v) is 12.6. The van der Waals surface area contributed by atoms with Gasteiger partial charge in [-0.1, -0.05) is 23.9 Å². The Morgan fingerprint density at radius 1 is 1.48 bits per heavy atom. The Balaban J connectivity index is 2.65. The highest BCUT2D eigenvalue weighted by molar-refractivity contribution is 7.99. The van der Waals surface area contributed by atoms with Crippen LogP contribution in [0.5, 0.6) is 0 Å². The number of alkyl halides is 2. The van der Waals surface area contributed by atoms with Gasteiger partial charge in [-0.2, -0.15) is 8.78 Å². The number of likely N-dealkylation sites (N-methyl/N-ethyl adjacent to an activating group) is 1. The molecule has 1 atom stereocenters. The summed E-state index contributed by atoms with van der Waals surface area (Å²) in [5, 5.41) is 12.1. The van der Waals surface area contributed by atoms with Crippen LogP contribution in [0.4, 0.5) is 19.3 Å². The number of rotatable bonds is 7. The molecule has 0 heterocycles. The van der Waals surface area contributed by atoms with Gasteiger partial charge in [0.25, 0.3) is 5.76 Å². The number of methoxy groups -OCH3 is 1. The van der Waals surface area contributed by atoms with E-state index in [1.165, 1.54) is 25.1 Å². The maximum Gasteiger partial charge on any atom is 0.321 e. The van der Waals surface area contributed by atoms with Crippen molar-refractivity contribution in [1.29, 1.82) is 0 Å². The number of halogens is 2. The Hall–Kier alpha value is -1.38. The van der Waals surface area contributed by atoms with Crippen LogP contribution >= 0.6 is 11.8 Å². The van der Waals surface area contributed by atoms with E-state index < -0.39 is 17.9 Å². The molecule has 0 fully saturated rings. The van der Waals surface area contributed by atoms with Gasteiger partial charge in [-0.25, -0.2) is 4.79 Å². The summed E-state index contributed by atoms with van der Waals surface area (Å²) in [6.07, 6.45) is -0.809. The van der Waals surface area contributed by atoms with Crippen LogP contribution < -0.4 is 5.32 Å². The minimum Gasteiger partial charge on any atom is -0.389 e. The van der Waals surface area contributed by atoms with E-state index in [0.29, 0.717) is 17.4 Å². The molecule has 0 aliphatic rings. The first-order valence-corrected chi connectivity index (χ1v) is 7.05. The molecule has 0 bridgehead atoms. The van der Waals surface area contributed by atoms with E-state index in [2.05, 4.69) is 5.32 Å². The Morgan fingerprint density at radius 3 is 2.76 bits per heavy atom. The van der Waals surface area contributed by atoms with Gasteiger partial charge < -0.3 is 20.1 Å². The number of amides is 2. The fourth-order valence-electron chi connectivity index (χ4n) is 1.62. The van der Waals surface area contributed by atoms with E-state index >= 15 is 0 Å². The summed E-state index contributed by atoms with van der Waals surface area (Å²) in [6, 6.07) is 5.82. The highest BCUT2D eigenvalue weighted by atomic mass is 32.2. The summed E-state index contributed by atoms with van der Waals surface area (Å²) >= 11 is 0.365. The van der Waals surface area contributed by atoms with Crippen LogP contribution in [0.2, 0.25) is 0 Å². The molecule has 0 saturated heterocycles. The van der Waals surface area contributed by atoms with Crippen LogP contribution in [-0.4, -0.2) is 55.2 Å². The first kappa shape index (κ1) is 17.7. The molecular formula is C13H18F2N2O3S. The third-order valence-corrected chi connectivity index (χ3v) is 3.32. The predicted molar refractivity (Wildman–Crippen MR) is 77.8 cm³/mol. The number of thioether (sulfide) groups is 1. The molecule has 21 heavy (non-hydrogen) atoms. The van der Waals surface area contributed by atoms with Gasteiger partial charge in [-0.15, -0.1) is 0 Å². The molecule has 1 aromatic rings. The molecule has 0 aromatic heterocycles. The number of aliphatic hydroxyl groups excluding tert-OH is 1. The summed E-state index contributed by atoms with van der Waals surface area (Å²) in [7, 11) is 2.94. The number of para-hydroxylation sites is 1. The zero-order valence-electron chi connectivity index (χ0n) is 11.8. The standard InChI is InChI=1S/C13H18F2N2O3S/c1-17(7-9(18)8-20-2)13(19)16-10-5-3-4-6-11(10)21-12(14)15/h3-6,9,12,18H,7-8H2,1-2H3,(H,16,19). The summed E-state index contributed by atoms with van der Waals surface area (Å²) in [4.78, 5) is 13.5. The van der Waals surface area contributed by atoms with Crippen molar-refractivity contribution in [2.45, 2.75) is 16.8 Å². The van der Waals surface area contributed by atoms with Gasteiger partial charge in [0.2, 0.25) is 0 Å². The van der Waals surface area contributed by atoms with Crippen molar-refractivity contribution in [3.8, 4) is 0 Å². The number of anilines is 1. The molecule has 1 unspecified atom stereocenters. The van der Waals surface area contributed by atoms with Gasteiger partial charge in [0, 0.05) is 19.1 Å². The van der Waals surface area contributed by atoms with Gasteiger partial charge in [0.05, 0.1) is 24.9 Å². The smallest absolute Gasteiger partial charge is 0.321 e. The third kappa shape index (κ3) is 6.28. The van der Waals surface area contributed by atoms with Crippen molar-refractivity contribution < 1.29 is 23.4 Å². The quantitative estimate of drug-likeness (QED) is 0.758. The first-order valence-electron chi connectivity index (χ1n) is 6.17. The van der Waals surface area contributed by atoms with Gasteiger partial charge in [-0.05, 0) is 12.1 Å². The Labute approximate surface area is 126 Å². The van der Waals surface area contributed by atoms with E-state index in [-0.39, 0.29) is 18.0 Å². The lowest BCUT2D eigenvalue weighted by Gasteiger charge is -2.21. The number of nitrogens with zero attached hydrogens (tertiary/aromatic N) is 1. The zero-order chi connectivity index (χ0) is 15.8. The van der Waals surface area contributed by atoms with Crippen LogP contribution in [0, 0.1) is 0 Å². The molecule has 8 heteroatoms. The van der Waals surface area contributed by atoms with Crippen LogP contribution in [0.25, 0.3) is 0 Å². The van der Waals surface area contributed by atoms with Crippen molar-refractivity contribution in [3.05, 3.63) is 24.3 Å². The average molecular weight is 320 g/mol. The van der Waals surface area contributed by atoms with Crippen molar-refractivity contribution in [2.75, 3.05) is 32.6 Å². The molecule has 2 N–H and O–H groups in total. The lowest BCUT2D eigenvalue weighted by Crippen LogP contribution is -2.38. The lowest BCUT2D eigenvalue weighted by atomic mass is 10.3. The van der Waals surface area contributed by atoms with Gasteiger partial charge in [-0.3, -0.25) is 0 Å². The van der Waals surface area contributed by atoms with E-state index in [4.69, 9.17) is 4.74 Å². The van der Waals surface area contributed by atoms with Crippen molar-refractivity contribution in [3.63, 3.8) is 0 Å². The Morgan fingerprint density at radius 2 is 2.14 bits per heavy atom. The highest BCUT2D eigenvalue weighted by Crippen LogP contribution is 2.31. The number of carbonyl (C=O) groups excluding carboxylic acids is 1. The second-order valence-electron chi connectivity index (χ2n) is 4.29.